The molecule has 1 fully saturated rings. The topological polar surface area (TPSA) is 21.1 Å². The van der Waals surface area contributed by atoms with Crippen LogP contribution in [0.3, 0.4) is 0 Å². The fourth-order valence-electron chi connectivity index (χ4n) is 3.16. The van der Waals surface area contributed by atoms with E-state index >= 15 is 0 Å². The van der Waals surface area contributed by atoms with E-state index in [1.54, 1.807) is 0 Å². The highest BCUT2D eigenvalue weighted by atomic mass is 15.2. The number of aryl methyl sites for hydroxylation is 2. The van der Waals surface area contributed by atoms with Crippen LogP contribution in [-0.4, -0.2) is 28.0 Å². The Kier molecular flexibility index (Phi) is 3.15. The number of nitrogens with zero attached hydrogens (tertiary/aromatic N) is 3. The molecule has 0 spiro atoms. The van der Waals surface area contributed by atoms with Crippen LogP contribution in [0.15, 0.2) is 30.5 Å². The largest absolute Gasteiger partial charge is 0.303 e. The molecule has 0 saturated carbocycles. The molecule has 1 aliphatic heterocycles. The molecule has 3 rings (SSSR count). The van der Waals surface area contributed by atoms with Crippen molar-refractivity contribution in [3.05, 3.63) is 47.4 Å². The molecule has 100 valence electrons. The minimum Gasteiger partial charge on any atom is -0.303 e. The van der Waals surface area contributed by atoms with Gasteiger partial charge in [0.1, 0.15) is 5.82 Å². The molecule has 1 atom stereocenters. The highest BCUT2D eigenvalue weighted by molar-refractivity contribution is 5.40. The number of likely N-dealkylation sites (tertiary alicyclic amines) is 1. The first-order valence-corrected chi connectivity index (χ1v) is 6.99. The summed E-state index contributed by atoms with van der Waals surface area (Å²) in [6, 6.07) is 9.11. The van der Waals surface area contributed by atoms with Gasteiger partial charge in [0.2, 0.25) is 0 Å². The minimum absolute atomic E-state index is 0.505. The first-order chi connectivity index (χ1) is 9.18. The molecule has 0 amide bonds. The van der Waals surface area contributed by atoms with E-state index in [-0.39, 0.29) is 0 Å². The van der Waals surface area contributed by atoms with E-state index in [0.29, 0.717) is 6.04 Å². The summed E-state index contributed by atoms with van der Waals surface area (Å²) < 4.78 is 2.27. The van der Waals surface area contributed by atoms with Crippen LogP contribution in [0.4, 0.5) is 0 Å². The molecule has 0 radical (unpaired) electrons. The number of hydrogen-bond donors (Lipinski definition) is 0. The molecule has 1 saturated heterocycles. The fourth-order valence-corrected chi connectivity index (χ4v) is 3.16. The maximum atomic E-state index is 4.66. The van der Waals surface area contributed by atoms with Crippen molar-refractivity contribution in [2.24, 2.45) is 0 Å². The van der Waals surface area contributed by atoms with Gasteiger partial charge in [-0.15, -0.1) is 0 Å². The summed E-state index contributed by atoms with van der Waals surface area (Å²) >= 11 is 0. The molecule has 1 aliphatic rings. The van der Waals surface area contributed by atoms with E-state index in [4.69, 9.17) is 0 Å². The van der Waals surface area contributed by atoms with E-state index in [2.05, 4.69) is 59.6 Å². The standard InChI is InChI=1S/C16H21N3/c1-12-8-9-13(2)19(12)16-14(6-4-10-17-16)15-7-5-11-18(15)3/h4,6,8-10,15H,5,7,11H2,1-3H3/t15-/m0/s1. The van der Waals surface area contributed by atoms with Gasteiger partial charge in [-0.25, -0.2) is 4.98 Å². The van der Waals surface area contributed by atoms with Gasteiger partial charge < -0.3 is 4.57 Å². The van der Waals surface area contributed by atoms with Gasteiger partial charge in [-0.05, 0) is 58.5 Å². The summed E-state index contributed by atoms with van der Waals surface area (Å²) in [6.45, 7) is 5.47. The second-order valence-electron chi connectivity index (χ2n) is 5.51. The summed E-state index contributed by atoms with van der Waals surface area (Å²) in [6.07, 6.45) is 4.40. The molecule has 3 heterocycles. The summed E-state index contributed by atoms with van der Waals surface area (Å²) in [5, 5.41) is 0. The molecular formula is C16H21N3. The summed E-state index contributed by atoms with van der Waals surface area (Å²) in [4.78, 5) is 7.10. The summed E-state index contributed by atoms with van der Waals surface area (Å²) in [5.41, 5.74) is 3.85. The fraction of sp³-hybridized carbons (Fsp3) is 0.438. The monoisotopic (exact) mass is 255 g/mol. The lowest BCUT2D eigenvalue weighted by atomic mass is 10.1. The number of hydrogen-bond acceptors (Lipinski definition) is 2. The predicted molar refractivity (Wildman–Crippen MR) is 77.6 cm³/mol. The second kappa shape index (κ2) is 4.82. The highest BCUT2D eigenvalue weighted by Crippen LogP contribution is 2.33. The normalized spacial score (nSPS) is 20.1. The van der Waals surface area contributed by atoms with E-state index in [1.807, 2.05) is 6.20 Å². The molecule has 0 aliphatic carbocycles. The van der Waals surface area contributed by atoms with Crippen LogP contribution in [-0.2, 0) is 0 Å². The Bertz CT molecular complexity index is 566. The van der Waals surface area contributed by atoms with Gasteiger partial charge >= 0.3 is 0 Å². The van der Waals surface area contributed by atoms with Crippen molar-refractivity contribution in [3.63, 3.8) is 0 Å². The third kappa shape index (κ3) is 2.08. The Morgan fingerprint density at radius 3 is 2.53 bits per heavy atom. The first kappa shape index (κ1) is 12.4. The van der Waals surface area contributed by atoms with Crippen molar-refractivity contribution >= 4 is 0 Å². The number of pyridine rings is 1. The summed E-state index contributed by atoms with van der Waals surface area (Å²) in [5.74, 6) is 1.10. The van der Waals surface area contributed by atoms with Crippen molar-refractivity contribution in [3.8, 4) is 5.82 Å². The van der Waals surface area contributed by atoms with Crippen molar-refractivity contribution in [2.75, 3.05) is 13.6 Å². The van der Waals surface area contributed by atoms with Crippen LogP contribution < -0.4 is 0 Å². The Morgan fingerprint density at radius 2 is 1.89 bits per heavy atom. The molecule has 0 aromatic carbocycles. The lowest BCUT2D eigenvalue weighted by molar-refractivity contribution is 0.316. The zero-order chi connectivity index (χ0) is 13.4. The first-order valence-electron chi connectivity index (χ1n) is 6.99. The zero-order valence-electron chi connectivity index (χ0n) is 11.9. The van der Waals surface area contributed by atoms with Gasteiger partial charge in [-0.3, -0.25) is 4.90 Å². The van der Waals surface area contributed by atoms with Crippen molar-refractivity contribution < 1.29 is 0 Å². The minimum atomic E-state index is 0.505. The van der Waals surface area contributed by atoms with E-state index in [9.17, 15) is 0 Å². The molecule has 19 heavy (non-hydrogen) atoms. The maximum absolute atomic E-state index is 4.66. The number of rotatable bonds is 2. The smallest absolute Gasteiger partial charge is 0.141 e. The lowest BCUT2D eigenvalue weighted by Gasteiger charge is -2.23. The van der Waals surface area contributed by atoms with Crippen LogP contribution in [0, 0.1) is 13.8 Å². The van der Waals surface area contributed by atoms with Crippen LogP contribution in [0.2, 0.25) is 0 Å². The third-order valence-corrected chi connectivity index (χ3v) is 4.18. The molecule has 0 bridgehead atoms. The van der Waals surface area contributed by atoms with Gasteiger partial charge in [0.05, 0.1) is 0 Å². The van der Waals surface area contributed by atoms with Crippen LogP contribution >= 0.6 is 0 Å². The molecule has 2 aromatic heterocycles. The van der Waals surface area contributed by atoms with Crippen molar-refractivity contribution in [1.82, 2.24) is 14.5 Å². The van der Waals surface area contributed by atoms with Crippen molar-refractivity contribution in [2.45, 2.75) is 32.7 Å². The van der Waals surface area contributed by atoms with Gasteiger partial charge in [-0.1, -0.05) is 6.07 Å². The second-order valence-corrected chi connectivity index (χ2v) is 5.51. The zero-order valence-corrected chi connectivity index (χ0v) is 11.9. The Morgan fingerprint density at radius 1 is 1.16 bits per heavy atom. The van der Waals surface area contributed by atoms with Gasteiger partial charge in [-0.2, -0.15) is 0 Å². The Balaban J connectivity index is 2.12. The predicted octanol–water partition coefficient (Wildman–Crippen LogP) is 3.26. The molecule has 0 N–H and O–H groups in total. The Labute approximate surface area is 114 Å². The number of aromatic nitrogens is 2. The molecule has 2 aromatic rings. The Hall–Kier alpha value is -1.61. The highest BCUT2D eigenvalue weighted by Gasteiger charge is 2.26. The van der Waals surface area contributed by atoms with Gasteiger partial charge in [0.15, 0.2) is 0 Å². The lowest BCUT2D eigenvalue weighted by Crippen LogP contribution is -2.20. The van der Waals surface area contributed by atoms with Gasteiger partial charge in [0.25, 0.3) is 0 Å². The van der Waals surface area contributed by atoms with Gasteiger partial charge in [0, 0.05) is 29.2 Å². The summed E-state index contributed by atoms with van der Waals surface area (Å²) in [7, 11) is 2.21. The van der Waals surface area contributed by atoms with Crippen molar-refractivity contribution in [1.29, 1.82) is 0 Å². The maximum Gasteiger partial charge on any atom is 0.141 e. The van der Waals surface area contributed by atoms with Crippen LogP contribution in [0.25, 0.3) is 5.82 Å². The van der Waals surface area contributed by atoms with E-state index in [0.717, 1.165) is 5.82 Å². The third-order valence-electron chi connectivity index (χ3n) is 4.18. The SMILES string of the molecule is Cc1ccc(C)n1-c1ncccc1[C@@H]1CCCN1C. The average molecular weight is 255 g/mol. The molecular weight excluding hydrogens is 234 g/mol. The van der Waals surface area contributed by atoms with E-state index in [1.165, 1.54) is 36.3 Å². The average Bonchev–Trinajstić information content (AvgIpc) is 2.96. The quantitative estimate of drug-likeness (QED) is 0.821. The van der Waals surface area contributed by atoms with Crippen LogP contribution in [0.5, 0.6) is 0 Å². The van der Waals surface area contributed by atoms with E-state index < -0.39 is 0 Å². The molecule has 3 heteroatoms. The molecule has 3 nitrogen and oxygen atoms in total. The van der Waals surface area contributed by atoms with Crippen LogP contribution in [0.1, 0.15) is 35.8 Å². The molecule has 0 unspecified atom stereocenters.